The van der Waals surface area contributed by atoms with Crippen LogP contribution in [0.15, 0.2) is 53.7 Å². The Labute approximate surface area is 135 Å². The van der Waals surface area contributed by atoms with Crippen molar-refractivity contribution in [2.24, 2.45) is 11.7 Å². The third-order valence-corrected chi connectivity index (χ3v) is 4.35. The van der Waals surface area contributed by atoms with Gasteiger partial charge in [0.25, 0.3) is 0 Å². The van der Waals surface area contributed by atoms with Crippen molar-refractivity contribution in [1.29, 1.82) is 0 Å². The first-order chi connectivity index (χ1) is 10.6. The van der Waals surface area contributed by atoms with E-state index < -0.39 is 6.04 Å². The summed E-state index contributed by atoms with van der Waals surface area (Å²) in [6.07, 6.45) is 3.64. The second-order valence-corrected chi connectivity index (χ2v) is 6.48. The normalized spacial score (nSPS) is 12.2. The van der Waals surface area contributed by atoms with Crippen LogP contribution in [0.25, 0.3) is 0 Å². The summed E-state index contributed by atoms with van der Waals surface area (Å²) in [5.74, 6) is 0.845. The average Bonchev–Trinajstić information content (AvgIpc) is 2.54. The molecule has 0 unspecified atom stereocenters. The lowest BCUT2D eigenvalue weighted by Gasteiger charge is -2.15. The lowest BCUT2D eigenvalue weighted by atomic mass is 10.1. The molecule has 116 valence electrons. The Morgan fingerprint density at radius 2 is 2.00 bits per heavy atom. The summed E-state index contributed by atoms with van der Waals surface area (Å²) in [5.41, 5.74) is 7.79. The molecule has 0 saturated carbocycles. The Morgan fingerprint density at radius 3 is 2.59 bits per heavy atom. The van der Waals surface area contributed by atoms with Crippen molar-refractivity contribution in [2.45, 2.75) is 30.5 Å². The highest BCUT2D eigenvalue weighted by atomic mass is 32.2. The van der Waals surface area contributed by atoms with Gasteiger partial charge in [0.1, 0.15) is 0 Å². The van der Waals surface area contributed by atoms with Crippen molar-refractivity contribution < 1.29 is 4.79 Å². The number of hydrogen-bond acceptors (Lipinski definition) is 4. The number of thioether (sulfide) groups is 1. The fourth-order valence-electron chi connectivity index (χ4n) is 1.81. The molecule has 1 aromatic heterocycles. The molecule has 2 rings (SSSR count). The molecule has 22 heavy (non-hydrogen) atoms. The van der Waals surface area contributed by atoms with E-state index >= 15 is 0 Å². The van der Waals surface area contributed by atoms with Crippen LogP contribution in [0.5, 0.6) is 0 Å². The highest BCUT2D eigenvalue weighted by molar-refractivity contribution is 7.98. The Hall–Kier alpha value is -1.85. The minimum atomic E-state index is -0.486. The van der Waals surface area contributed by atoms with E-state index in [2.05, 4.69) is 16.4 Å². The fourth-order valence-corrected chi connectivity index (χ4v) is 2.65. The van der Waals surface area contributed by atoms with Crippen molar-refractivity contribution in [3.05, 3.63) is 54.4 Å². The molecule has 1 atom stereocenters. The minimum absolute atomic E-state index is 0.120. The molecule has 0 spiro atoms. The maximum absolute atomic E-state index is 11.9. The number of benzene rings is 1. The molecule has 0 radical (unpaired) electrons. The number of pyridine rings is 1. The van der Waals surface area contributed by atoms with Gasteiger partial charge in [0, 0.05) is 28.7 Å². The SMILES string of the molecule is CC(C)[C@H](N)C(=O)Nc1ccc(SCc2cccnc2)cc1. The molecular formula is C17H21N3OS. The van der Waals surface area contributed by atoms with E-state index in [1.54, 1.807) is 18.0 Å². The molecule has 0 saturated heterocycles. The lowest BCUT2D eigenvalue weighted by Crippen LogP contribution is -2.39. The van der Waals surface area contributed by atoms with Gasteiger partial charge in [0.2, 0.25) is 5.91 Å². The zero-order valence-corrected chi connectivity index (χ0v) is 13.6. The van der Waals surface area contributed by atoms with Gasteiger partial charge in [-0.15, -0.1) is 11.8 Å². The van der Waals surface area contributed by atoms with Crippen LogP contribution >= 0.6 is 11.8 Å². The first kappa shape index (κ1) is 16.5. The van der Waals surface area contributed by atoms with Crippen LogP contribution in [0.3, 0.4) is 0 Å². The van der Waals surface area contributed by atoms with Crippen LogP contribution in [-0.2, 0) is 10.5 Å². The molecule has 0 aliphatic carbocycles. The second kappa shape index (κ2) is 7.96. The van der Waals surface area contributed by atoms with E-state index in [1.165, 1.54) is 5.56 Å². The molecule has 0 bridgehead atoms. The van der Waals surface area contributed by atoms with Gasteiger partial charge in [-0.05, 0) is 41.8 Å². The molecule has 1 heterocycles. The van der Waals surface area contributed by atoms with E-state index in [0.717, 1.165) is 16.3 Å². The van der Waals surface area contributed by atoms with Crippen molar-refractivity contribution in [3.63, 3.8) is 0 Å². The van der Waals surface area contributed by atoms with Crippen LogP contribution in [0.4, 0.5) is 5.69 Å². The summed E-state index contributed by atoms with van der Waals surface area (Å²) < 4.78 is 0. The third-order valence-electron chi connectivity index (χ3n) is 3.27. The Kier molecular flexibility index (Phi) is 5.98. The van der Waals surface area contributed by atoms with Gasteiger partial charge in [0.15, 0.2) is 0 Å². The predicted octanol–water partition coefficient (Wildman–Crippen LogP) is 3.30. The lowest BCUT2D eigenvalue weighted by molar-refractivity contribution is -0.118. The minimum Gasteiger partial charge on any atom is -0.325 e. The maximum atomic E-state index is 11.9. The number of nitrogens with one attached hydrogen (secondary N) is 1. The van der Waals surface area contributed by atoms with Gasteiger partial charge >= 0.3 is 0 Å². The summed E-state index contributed by atoms with van der Waals surface area (Å²) in [7, 11) is 0. The fraction of sp³-hybridized carbons (Fsp3) is 0.294. The Balaban J connectivity index is 1.89. The van der Waals surface area contributed by atoms with Crippen molar-refractivity contribution in [3.8, 4) is 0 Å². The van der Waals surface area contributed by atoms with Gasteiger partial charge < -0.3 is 11.1 Å². The van der Waals surface area contributed by atoms with Crippen LogP contribution in [-0.4, -0.2) is 16.9 Å². The van der Waals surface area contributed by atoms with Crippen molar-refractivity contribution in [2.75, 3.05) is 5.32 Å². The maximum Gasteiger partial charge on any atom is 0.241 e. The Bertz CT molecular complexity index is 599. The van der Waals surface area contributed by atoms with Crippen LogP contribution < -0.4 is 11.1 Å². The second-order valence-electron chi connectivity index (χ2n) is 5.43. The van der Waals surface area contributed by atoms with Gasteiger partial charge in [0.05, 0.1) is 6.04 Å². The van der Waals surface area contributed by atoms with Crippen molar-refractivity contribution in [1.82, 2.24) is 4.98 Å². The van der Waals surface area contributed by atoms with E-state index in [1.807, 2.05) is 50.4 Å². The van der Waals surface area contributed by atoms with Crippen molar-refractivity contribution >= 4 is 23.4 Å². The predicted molar refractivity (Wildman–Crippen MR) is 91.7 cm³/mol. The Morgan fingerprint density at radius 1 is 1.27 bits per heavy atom. The largest absolute Gasteiger partial charge is 0.325 e. The van der Waals surface area contributed by atoms with Gasteiger partial charge in [-0.3, -0.25) is 9.78 Å². The summed E-state index contributed by atoms with van der Waals surface area (Å²) in [5, 5.41) is 2.84. The number of carbonyl (C=O) groups excluding carboxylic acids is 1. The van der Waals surface area contributed by atoms with Crippen LogP contribution in [0, 0.1) is 5.92 Å². The standard InChI is InChI=1S/C17H21N3OS/c1-12(2)16(18)17(21)20-14-5-7-15(8-6-14)22-11-13-4-3-9-19-10-13/h3-10,12,16H,11,18H2,1-2H3,(H,20,21)/t16-/m0/s1. The van der Waals surface area contributed by atoms with Gasteiger partial charge in [-0.1, -0.05) is 19.9 Å². The first-order valence-electron chi connectivity index (χ1n) is 7.24. The molecule has 3 N–H and O–H groups in total. The summed E-state index contributed by atoms with van der Waals surface area (Å²) in [6, 6.07) is 11.3. The van der Waals surface area contributed by atoms with E-state index in [4.69, 9.17) is 5.73 Å². The molecule has 0 aliphatic rings. The number of rotatable bonds is 6. The number of nitrogens with zero attached hydrogens (tertiary/aromatic N) is 1. The van der Waals surface area contributed by atoms with Crippen LogP contribution in [0.1, 0.15) is 19.4 Å². The first-order valence-corrected chi connectivity index (χ1v) is 8.23. The molecule has 5 heteroatoms. The third kappa shape index (κ3) is 4.86. The van der Waals surface area contributed by atoms with E-state index in [9.17, 15) is 4.79 Å². The van der Waals surface area contributed by atoms with Crippen LogP contribution in [0.2, 0.25) is 0 Å². The monoisotopic (exact) mass is 315 g/mol. The highest BCUT2D eigenvalue weighted by Crippen LogP contribution is 2.24. The molecule has 0 fully saturated rings. The summed E-state index contributed by atoms with van der Waals surface area (Å²) >= 11 is 1.73. The summed E-state index contributed by atoms with van der Waals surface area (Å²) in [4.78, 5) is 17.2. The van der Waals surface area contributed by atoms with Gasteiger partial charge in [-0.2, -0.15) is 0 Å². The van der Waals surface area contributed by atoms with Gasteiger partial charge in [-0.25, -0.2) is 0 Å². The average molecular weight is 315 g/mol. The molecule has 1 amide bonds. The number of anilines is 1. The number of nitrogens with two attached hydrogens (primary N) is 1. The zero-order valence-electron chi connectivity index (χ0n) is 12.8. The topological polar surface area (TPSA) is 68.0 Å². The van der Waals surface area contributed by atoms with E-state index in [-0.39, 0.29) is 11.8 Å². The molecule has 1 aromatic carbocycles. The molecule has 0 aliphatic heterocycles. The molecule has 4 nitrogen and oxygen atoms in total. The number of aromatic nitrogens is 1. The quantitative estimate of drug-likeness (QED) is 0.803. The summed E-state index contributed by atoms with van der Waals surface area (Å²) in [6.45, 7) is 3.87. The van der Waals surface area contributed by atoms with E-state index in [0.29, 0.717) is 0 Å². The number of amides is 1. The highest BCUT2D eigenvalue weighted by Gasteiger charge is 2.16. The number of carbonyl (C=O) groups is 1. The number of hydrogen-bond donors (Lipinski definition) is 2. The zero-order chi connectivity index (χ0) is 15.9. The molecule has 2 aromatic rings. The smallest absolute Gasteiger partial charge is 0.241 e. The molecular weight excluding hydrogens is 294 g/mol.